The molecule has 96 valence electrons. The minimum atomic E-state index is 0.308. The van der Waals surface area contributed by atoms with Crippen molar-refractivity contribution in [3.05, 3.63) is 0 Å². The van der Waals surface area contributed by atoms with Crippen LogP contribution < -0.4 is 5.32 Å². The molecule has 2 atom stereocenters. The van der Waals surface area contributed by atoms with Gasteiger partial charge in [-0.3, -0.25) is 0 Å². The molecule has 0 radical (unpaired) electrons. The average molecular weight is 227 g/mol. The van der Waals surface area contributed by atoms with Gasteiger partial charge in [0.2, 0.25) is 0 Å². The number of hydrogen-bond donors (Lipinski definition) is 1. The van der Waals surface area contributed by atoms with Crippen LogP contribution in [-0.4, -0.2) is 25.3 Å². The van der Waals surface area contributed by atoms with Crippen LogP contribution in [0.2, 0.25) is 0 Å². The van der Waals surface area contributed by atoms with E-state index in [-0.39, 0.29) is 0 Å². The molecule has 0 saturated heterocycles. The molecule has 2 nitrogen and oxygen atoms in total. The maximum absolute atomic E-state index is 5.74. The van der Waals surface area contributed by atoms with Gasteiger partial charge in [-0.1, -0.05) is 40.5 Å². The van der Waals surface area contributed by atoms with E-state index < -0.39 is 0 Å². The van der Waals surface area contributed by atoms with Crippen molar-refractivity contribution in [3.63, 3.8) is 0 Å². The summed E-state index contributed by atoms with van der Waals surface area (Å²) < 4.78 is 5.74. The molecule has 1 aliphatic carbocycles. The molecule has 1 rings (SSSR count). The summed E-state index contributed by atoms with van der Waals surface area (Å²) in [7, 11) is 0. The Kier molecular flexibility index (Phi) is 5.26. The van der Waals surface area contributed by atoms with Crippen molar-refractivity contribution in [2.24, 2.45) is 11.3 Å². The molecule has 0 aromatic rings. The van der Waals surface area contributed by atoms with E-state index in [0.717, 1.165) is 12.5 Å². The first-order chi connectivity index (χ1) is 7.56. The molecule has 0 amide bonds. The second-order valence-corrected chi connectivity index (χ2v) is 5.64. The van der Waals surface area contributed by atoms with E-state index in [1.54, 1.807) is 0 Å². The van der Waals surface area contributed by atoms with Gasteiger partial charge in [0.1, 0.15) is 0 Å². The Bertz CT molecular complexity index is 199. The van der Waals surface area contributed by atoms with Gasteiger partial charge in [0.25, 0.3) is 0 Å². The van der Waals surface area contributed by atoms with E-state index in [0.29, 0.717) is 17.6 Å². The third kappa shape index (κ3) is 2.98. The van der Waals surface area contributed by atoms with Gasteiger partial charge < -0.3 is 10.1 Å². The molecule has 0 bridgehead atoms. The van der Waals surface area contributed by atoms with Crippen LogP contribution in [0.4, 0.5) is 0 Å². The second kappa shape index (κ2) is 6.02. The Balaban J connectivity index is 2.30. The zero-order chi connectivity index (χ0) is 12.2. The zero-order valence-electron chi connectivity index (χ0n) is 11.7. The Morgan fingerprint density at radius 2 is 1.88 bits per heavy atom. The molecule has 0 aliphatic heterocycles. The fourth-order valence-corrected chi connectivity index (χ4v) is 2.60. The highest BCUT2D eigenvalue weighted by molar-refractivity contribution is 5.02. The summed E-state index contributed by atoms with van der Waals surface area (Å²) >= 11 is 0. The molecule has 16 heavy (non-hydrogen) atoms. The molecule has 0 spiro atoms. The van der Waals surface area contributed by atoms with Gasteiger partial charge in [0.05, 0.1) is 6.10 Å². The van der Waals surface area contributed by atoms with E-state index in [4.69, 9.17) is 4.74 Å². The SMILES string of the molecule is CCOC1CC(NCC(CC)CC)C1(C)C. The van der Waals surface area contributed by atoms with Crippen LogP contribution in [0.25, 0.3) is 0 Å². The summed E-state index contributed by atoms with van der Waals surface area (Å²) in [5, 5.41) is 3.72. The van der Waals surface area contributed by atoms with Crippen molar-refractivity contribution >= 4 is 0 Å². The maximum atomic E-state index is 5.74. The third-order valence-electron chi connectivity index (χ3n) is 4.35. The third-order valence-corrected chi connectivity index (χ3v) is 4.35. The van der Waals surface area contributed by atoms with Gasteiger partial charge in [-0.15, -0.1) is 0 Å². The summed E-state index contributed by atoms with van der Waals surface area (Å²) in [6, 6.07) is 0.643. The van der Waals surface area contributed by atoms with Crippen molar-refractivity contribution in [3.8, 4) is 0 Å². The first kappa shape index (κ1) is 14.0. The lowest BCUT2D eigenvalue weighted by Gasteiger charge is -2.52. The molecule has 0 aromatic heterocycles. The van der Waals surface area contributed by atoms with E-state index in [2.05, 4.69) is 39.9 Å². The van der Waals surface area contributed by atoms with Crippen LogP contribution in [0.15, 0.2) is 0 Å². The standard InChI is InChI=1S/C14H29NO/c1-6-11(7-2)10-15-12-9-13(16-8-3)14(12,4)5/h11-13,15H,6-10H2,1-5H3. The van der Waals surface area contributed by atoms with Crippen LogP contribution in [0, 0.1) is 11.3 Å². The Labute approximate surface area is 101 Å². The molecule has 2 heteroatoms. The molecule has 2 unspecified atom stereocenters. The minimum absolute atomic E-state index is 0.308. The van der Waals surface area contributed by atoms with Gasteiger partial charge in [-0.25, -0.2) is 0 Å². The van der Waals surface area contributed by atoms with Crippen molar-refractivity contribution in [1.29, 1.82) is 0 Å². The van der Waals surface area contributed by atoms with Crippen LogP contribution in [0.3, 0.4) is 0 Å². The molecule has 1 fully saturated rings. The number of nitrogens with one attached hydrogen (secondary N) is 1. The van der Waals surface area contributed by atoms with E-state index in [1.165, 1.54) is 25.8 Å². The van der Waals surface area contributed by atoms with E-state index >= 15 is 0 Å². The van der Waals surface area contributed by atoms with Gasteiger partial charge in [0, 0.05) is 18.1 Å². The highest BCUT2D eigenvalue weighted by Crippen LogP contribution is 2.42. The van der Waals surface area contributed by atoms with Gasteiger partial charge in [0.15, 0.2) is 0 Å². The maximum Gasteiger partial charge on any atom is 0.0655 e. The normalized spacial score (nSPS) is 28.1. The molecule has 1 saturated carbocycles. The van der Waals surface area contributed by atoms with Gasteiger partial charge in [-0.05, 0) is 25.8 Å². The first-order valence-electron chi connectivity index (χ1n) is 6.91. The number of rotatable bonds is 7. The lowest BCUT2D eigenvalue weighted by molar-refractivity contribution is -0.114. The van der Waals surface area contributed by atoms with Crippen LogP contribution in [0.1, 0.15) is 53.9 Å². The fraction of sp³-hybridized carbons (Fsp3) is 1.00. The monoisotopic (exact) mass is 227 g/mol. The Hall–Kier alpha value is -0.0800. The average Bonchev–Trinajstić information content (AvgIpc) is 2.27. The highest BCUT2D eigenvalue weighted by Gasteiger charge is 2.48. The summed E-state index contributed by atoms with van der Waals surface area (Å²) in [5.74, 6) is 0.835. The van der Waals surface area contributed by atoms with Gasteiger partial charge in [-0.2, -0.15) is 0 Å². The molecule has 0 heterocycles. The summed E-state index contributed by atoms with van der Waals surface area (Å²) in [6.07, 6.45) is 4.20. The quantitative estimate of drug-likeness (QED) is 0.721. The topological polar surface area (TPSA) is 21.3 Å². The van der Waals surface area contributed by atoms with Crippen LogP contribution >= 0.6 is 0 Å². The highest BCUT2D eigenvalue weighted by atomic mass is 16.5. The largest absolute Gasteiger partial charge is 0.378 e. The number of ether oxygens (including phenoxy) is 1. The smallest absolute Gasteiger partial charge is 0.0655 e. The Morgan fingerprint density at radius 1 is 1.25 bits per heavy atom. The lowest BCUT2D eigenvalue weighted by Crippen LogP contribution is -2.61. The van der Waals surface area contributed by atoms with E-state index in [9.17, 15) is 0 Å². The predicted molar refractivity (Wildman–Crippen MR) is 69.7 cm³/mol. The summed E-state index contributed by atoms with van der Waals surface area (Å²) in [4.78, 5) is 0. The second-order valence-electron chi connectivity index (χ2n) is 5.64. The molecular weight excluding hydrogens is 198 g/mol. The minimum Gasteiger partial charge on any atom is -0.378 e. The predicted octanol–water partition coefficient (Wildman–Crippen LogP) is 3.22. The van der Waals surface area contributed by atoms with Crippen molar-refractivity contribution in [2.45, 2.75) is 66.0 Å². The van der Waals surface area contributed by atoms with Gasteiger partial charge >= 0.3 is 0 Å². The van der Waals surface area contributed by atoms with Crippen LogP contribution in [0.5, 0.6) is 0 Å². The van der Waals surface area contributed by atoms with E-state index in [1.807, 2.05) is 0 Å². The van der Waals surface area contributed by atoms with Crippen molar-refractivity contribution in [2.75, 3.05) is 13.2 Å². The molecule has 1 aliphatic rings. The molecular formula is C14H29NO. The Morgan fingerprint density at radius 3 is 2.31 bits per heavy atom. The number of hydrogen-bond acceptors (Lipinski definition) is 2. The van der Waals surface area contributed by atoms with Crippen LogP contribution in [-0.2, 0) is 4.74 Å². The van der Waals surface area contributed by atoms with Crippen molar-refractivity contribution in [1.82, 2.24) is 5.32 Å². The lowest BCUT2D eigenvalue weighted by atomic mass is 9.64. The molecule has 0 aromatic carbocycles. The summed E-state index contributed by atoms with van der Waals surface area (Å²) in [5.41, 5.74) is 0.308. The fourth-order valence-electron chi connectivity index (χ4n) is 2.60. The summed E-state index contributed by atoms with van der Waals surface area (Å²) in [6.45, 7) is 13.3. The van der Waals surface area contributed by atoms with Crippen molar-refractivity contribution < 1.29 is 4.74 Å². The molecule has 1 N–H and O–H groups in total. The first-order valence-corrected chi connectivity index (χ1v) is 6.91. The zero-order valence-corrected chi connectivity index (χ0v) is 11.7.